The molecule has 1 aromatic rings. The highest BCUT2D eigenvalue weighted by Gasteiger charge is 2.10. The number of hydrogen-bond acceptors (Lipinski definition) is 3. The van der Waals surface area contributed by atoms with Gasteiger partial charge in [0.05, 0.1) is 17.4 Å². The Morgan fingerprint density at radius 1 is 1.59 bits per heavy atom. The number of benzene rings is 1. The van der Waals surface area contributed by atoms with E-state index in [0.29, 0.717) is 11.3 Å². The molecule has 0 aromatic heterocycles. The van der Waals surface area contributed by atoms with Crippen LogP contribution in [0.4, 0.5) is 4.39 Å². The molecule has 0 aliphatic heterocycles. The van der Waals surface area contributed by atoms with Crippen molar-refractivity contribution in [3.63, 3.8) is 0 Å². The molecule has 0 aliphatic rings. The van der Waals surface area contributed by atoms with Crippen molar-refractivity contribution in [1.82, 2.24) is 0 Å². The Morgan fingerprint density at radius 3 is 2.82 bits per heavy atom. The first-order valence-electron chi connectivity index (χ1n) is 5.36. The summed E-state index contributed by atoms with van der Waals surface area (Å²) in [5.74, 6) is 0.0312. The van der Waals surface area contributed by atoms with Crippen molar-refractivity contribution in [2.24, 2.45) is 5.73 Å². The molecule has 0 spiro atoms. The molecule has 17 heavy (non-hydrogen) atoms. The van der Waals surface area contributed by atoms with Gasteiger partial charge in [0.15, 0.2) is 0 Å². The highest BCUT2D eigenvalue weighted by molar-refractivity contribution is 7.84. The van der Waals surface area contributed by atoms with Crippen molar-refractivity contribution in [3.05, 3.63) is 35.1 Å². The molecule has 3 nitrogen and oxygen atoms in total. The van der Waals surface area contributed by atoms with Crippen LogP contribution in [0.3, 0.4) is 0 Å². The summed E-state index contributed by atoms with van der Waals surface area (Å²) in [6, 6.07) is 5.93. The maximum absolute atomic E-state index is 13.5. The van der Waals surface area contributed by atoms with Crippen LogP contribution in [-0.4, -0.2) is 16.0 Å². The van der Waals surface area contributed by atoms with Crippen molar-refractivity contribution in [2.45, 2.75) is 25.1 Å². The van der Waals surface area contributed by atoms with Gasteiger partial charge >= 0.3 is 0 Å². The lowest BCUT2D eigenvalue weighted by molar-refractivity contribution is 0.613. The van der Waals surface area contributed by atoms with Gasteiger partial charge in [0, 0.05) is 28.2 Å². The molecule has 5 heteroatoms. The lowest BCUT2D eigenvalue weighted by Gasteiger charge is -2.08. The molecule has 1 aromatic carbocycles. The average Bonchev–Trinajstić information content (AvgIpc) is 2.31. The maximum atomic E-state index is 13.5. The fourth-order valence-electron chi connectivity index (χ4n) is 1.32. The lowest BCUT2D eigenvalue weighted by atomic mass is 10.1. The van der Waals surface area contributed by atoms with Crippen LogP contribution < -0.4 is 5.73 Å². The Balaban J connectivity index is 2.69. The molecule has 0 amide bonds. The predicted octanol–water partition coefficient (Wildman–Crippen LogP) is 1.68. The van der Waals surface area contributed by atoms with E-state index in [4.69, 9.17) is 11.0 Å². The van der Waals surface area contributed by atoms with E-state index >= 15 is 0 Å². The summed E-state index contributed by atoms with van der Waals surface area (Å²) in [7, 11) is -1.17. The van der Waals surface area contributed by atoms with Gasteiger partial charge in [0.2, 0.25) is 0 Å². The topological polar surface area (TPSA) is 66.9 Å². The molecular weight excluding hydrogens is 239 g/mol. The summed E-state index contributed by atoms with van der Waals surface area (Å²) in [5, 5.41) is 8.59. The quantitative estimate of drug-likeness (QED) is 0.869. The van der Waals surface area contributed by atoms with Gasteiger partial charge in [-0.3, -0.25) is 4.21 Å². The first-order valence-corrected chi connectivity index (χ1v) is 6.84. The zero-order valence-electron chi connectivity index (χ0n) is 9.65. The molecule has 0 saturated heterocycles. The van der Waals surface area contributed by atoms with Gasteiger partial charge in [-0.25, -0.2) is 4.39 Å². The Hall–Kier alpha value is -1.25. The van der Waals surface area contributed by atoms with Crippen molar-refractivity contribution in [1.29, 1.82) is 5.26 Å². The van der Waals surface area contributed by atoms with E-state index in [1.54, 1.807) is 0 Å². The van der Waals surface area contributed by atoms with Crippen LogP contribution in [0.15, 0.2) is 18.2 Å². The minimum absolute atomic E-state index is 0.114. The van der Waals surface area contributed by atoms with E-state index in [1.165, 1.54) is 12.1 Å². The largest absolute Gasteiger partial charge is 0.327 e. The number of hydrogen-bond donors (Lipinski definition) is 1. The van der Waals surface area contributed by atoms with Crippen LogP contribution in [0.1, 0.15) is 24.5 Å². The summed E-state index contributed by atoms with van der Waals surface area (Å²) in [5.41, 5.74) is 6.31. The van der Waals surface area contributed by atoms with Crippen LogP contribution in [0.25, 0.3) is 0 Å². The lowest BCUT2D eigenvalue weighted by Crippen LogP contribution is -2.26. The third-order valence-corrected chi connectivity index (χ3v) is 3.86. The summed E-state index contributed by atoms with van der Waals surface area (Å²) < 4.78 is 25.2. The molecule has 1 rings (SSSR count). The molecule has 92 valence electrons. The Labute approximate surface area is 103 Å². The Morgan fingerprint density at radius 2 is 2.29 bits per heavy atom. The van der Waals surface area contributed by atoms with Crippen LogP contribution >= 0.6 is 0 Å². The zero-order chi connectivity index (χ0) is 12.8. The summed E-state index contributed by atoms with van der Waals surface area (Å²) in [6.07, 6.45) is 0.752. The van der Waals surface area contributed by atoms with Gasteiger partial charge in [0.1, 0.15) is 5.82 Å². The summed E-state index contributed by atoms with van der Waals surface area (Å²) in [4.78, 5) is 0. The monoisotopic (exact) mass is 254 g/mol. The Kier molecular flexibility index (Phi) is 5.26. The highest BCUT2D eigenvalue weighted by atomic mass is 32.2. The summed E-state index contributed by atoms with van der Waals surface area (Å²) >= 11 is 0. The van der Waals surface area contributed by atoms with Gasteiger partial charge in [0.25, 0.3) is 0 Å². The molecule has 2 unspecified atom stereocenters. The van der Waals surface area contributed by atoms with Crippen LogP contribution in [0.5, 0.6) is 0 Å². The normalized spacial score (nSPS) is 14.0. The first-order chi connectivity index (χ1) is 8.06. The van der Waals surface area contributed by atoms with Gasteiger partial charge < -0.3 is 5.73 Å². The Bertz CT molecular complexity index is 456. The smallest absolute Gasteiger partial charge is 0.128 e. The van der Waals surface area contributed by atoms with Crippen molar-refractivity contribution in [2.75, 3.05) is 5.75 Å². The van der Waals surface area contributed by atoms with Crippen LogP contribution in [0, 0.1) is 17.1 Å². The van der Waals surface area contributed by atoms with E-state index < -0.39 is 16.6 Å². The third kappa shape index (κ3) is 4.25. The highest BCUT2D eigenvalue weighted by Crippen LogP contribution is 2.12. The number of halogens is 1. The molecule has 0 bridgehead atoms. The van der Waals surface area contributed by atoms with E-state index in [0.717, 1.165) is 12.5 Å². The predicted molar refractivity (Wildman–Crippen MR) is 66.1 cm³/mol. The second-order valence-electron chi connectivity index (χ2n) is 3.84. The van der Waals surface area contributed by atoms with Crippen LogP contribution in [-0.2, 0) is 16.6 Å². The number of nitrogens with two attached hydrogens (primary N) is 1. The minimum Gasteiger partial charge on any atom is -0.327 e. The summed E-state index contributed by atoms with van der Waals surface area (Å²) in [6.45, 7) is 1.92. The third-order valence-electron chi connectivity index (χ3n) is 2.42. The number of rotatable bonds is 5. The van der Waals surface area contributed by atoms with Crippen molar-refractivity contribution >= 4 is 10.8 Å². The molecule has 0 saturated carbocycles. The molecular formula is C12H15FN2OS. The molecule has 2 atom stereocenters. The molecule has 0 fully saturated rings. The maximum Gasteiger partial charge on any atom is 0.128 e. The first kappa shape index (κ1) is 13.8. The number of nitrogens with zero attached hydrogens (tertiary/aromatic N) is 1. The fraction of sp³-hybridized carbons (Fsp3) is 0.417. The van der Waals surface area contributed by atoms with Gasteiger partial charge in [-0.2, -0.15) is 5.26 Å². The molecule has 0 radical (unpaired) electrons. The van der Waals surface area contributed by atoms with E-state index in [9.17, 15) is 8.60 Å². The zero-order valence-corrected chi connectivity index (χ0v) is 10.5. The standard InChI is InChI=1S/C12H15FN2OS/c1-2-11(15)8-17(16)7-10-4-3-9(6-14)5-12(10)13/h3-5,11H,2,7-8,15H2,1H3. The molecule has 2 N–H and O–H groups in total. The van der Waals surface area contributed by atoms with Gasteiger partial charge in [-0.15, -0.1) is 0 Å². The van der Waals surface area contributed by atoms with Gasteiger partial charge in [-0.05, 0) is 18.6 Å². The fourth-order valence-corrected chi connectivity index (χ4v) is 2.73. The number of nitriles is 1. The van der Waals surface area contributed by atoms with E-state index in [1.807, 2.05) is 13.0 Å². The minimum atomic E-state index is -1.17. The van der Waals surface area contributed by atoms with Crippen LogP contribution in [0.2, 0.25) is 0 Å². The van der Waals surface area contributed by atoms with Crippen molar-refractivity contribution in [3.8, 4) is 6.07 Å². The average molecular weight is 254 g/mol. The van der Waals surface area contributed by atoms with Gasteiger partial charge in [-0.1, -0.05) is 13.0 Å². The second-order valence-corrected chi connectivity index (χ2v) is 5.34. The SMILES string of the molecule is CCC(N)CS(=O)Cc1ccc(C#N)cc1F. The molecule has 0 aliphatic carbocycles. The van der Waals surface area contributed by atoms with E-state index in [-0.39, 0.29) is 17.4 Å². The van der Waals surface area contributed by atoms with Crippen molar-refractivity contribution < 1.29 is 8.60 Å². The van der Waals surface area contributed by atoms with E-state index in [2.05, 4.69) is 0 Å². The second kappa shape index (κ2) is 6.48. The molecule has 0 heterocycles.